The van der Waals surface area contributed by atoms with Gasteiger partial charge in [-0.25, -0.2) is 0 Å². The van der Waals surface area contributed by atoms with Crippen molar-refractivity contribution in [2.24, 2.45) is 0 Å². The summed E-state index contributed by atoms with van der Waals surface area (Å²) in [6.45, 7) is 0. The molecule has 5 nitrogen and oxygen atoms in total. The summed E-state index contributed by atoms with van der Waals surface area (Å²) < 4.78 is 16.5. The molecule has 6 heteroatoms. The molecule has 3 aromatic rings. The lowest BCUT2D eigenvalue weighted by molar-refractivity contribution is 0.0817. The van der Waals surface area contributed by atoms with E-state index in [0.29, 0.717) is 23.3 Å². The number of carbonyl (C=O) groups is 2. The van der Waals surface area contributed by atoms with Crippen molar-refractivity contribution in [3.63, 3.8) is 0 Å². The third-order valence-electron chi connectivity index (χ3n) is 4.89. The number of methoxy groups -OCH3 is 3. The molecule has 3 aromatic carbocycles. The average molecular weight is 483 g/mol. The highest BCUT2D eigenvalue weighted by Gasteiger charge is 2.19. The molecule has 0 N–H and O–H groups in total. The number of hydrogen-bond acceptors (Lipinski definition) is 5. The van der Waals surface area contributed by atoms with Gasteiger partial charge < -0.3 is 14.2 Å². The first-order valence-corrected chi connectivity index (χ1v) is 10.5. The number of rotatable bonds is 9. The highest BCUT2D eigenvalue weighted by atomic mass is 79.9. The summed E-state index contributed by atoms with van der Waals surface area (Å²) >= 11 is 3.46. The predicted molar refractivity (Wildman–Crippen MR) is 123 cm³/mol. The van der Waals surface area contributed by atoms with Crippen molar-refractivity contribution in [1.29, 1.82) is 0 Å². The van der Waals surface area contributed by atoms with Crippen LogP contribution in [0.3, 0.4) is 0 Å². The van der Waals surface area contributed by atoms with Crippen molar-refractivity contribution in [2.45, 2.75) is 12.8 Å². The van der Waals surface area contributed by atoms with Crippen LogP contribution in [0, 0.1) is 0 Å². The van der Waals surface area contributed by atoms with Crippen LogP contribution in [0.15, 0.2) is 65.1 Å². The number of hydrogen-bond donors (Lipinski definition) is 0. The Hall–Kier alpha value is -3.12. The number of Topliss-reactive ketones (excluding diaryl/α,β-unsaturated/α-hetero) is 2. The van der Waals surface area contributed by atoms with E-state index in [9.17, 15) is 9.59 Å². The Labute approximate surface area is 190 Å². The van der Waals surface area contributed by atoms with Gasteiger partial charge in [0, 0.05) is 21.7 Å². The number of ether oxygens (including phenoxy) is 3. The molecule has 0 amide bonds. The van der Waals surface area contributed by atoms with Crippen molar-refractivity contribution in [3.8, 4) is 17.2 Å². The molecule has 0 aliphatic rings. The molecular formula is C25H23BrO5. The Morgan fingerprint density at radius 2 is 1.16 bits per heavy atom. The molecule has 0 radical (unpaired) electrons. The van der Waals surface area contributed by atoms with Crippen LogP contribution in [-0.4, -0.2) is 32.9 Å². The van der Waals surface area contributed by atoms with E-state index >= 15 is 0 Å². The third-order valence-corrected chi connectivity index (χ3v) is 5.35. The second-order valence-corrected chi connectivity index (χ2v) is 7.87. The van der Waals surface area contributed by atoms with Gasteiger partial charge in [-0.15, -0.1) is 0 Å². The first-order valence-electron chi connectivity index (χ1n) is 9.68. The molecule has 3 rings (SSSR count). The van der Waals surface area contributed by atoms with Gasteiger partial charge in [-0.3, -0.25) is 9.59 Å². The summed E-state index contributed by atoms with van der Waals surface area (Å²) in [6.07, 6.45) is 1.41. The number of carbonyl (C=O) groups excluding carboxylic acids is 2. The largest absolute Gasteiger partial charge is 0.497 e. The zero-order chi connectivity index (χ0) is 22.4. The van der Waals surface area contributed by atoms with E-state index in [-0.39, 0.29) is 0 Å². The number of halogens is 1. The minimum atomic E-state index is -0.552. The smallest absolute Gasteiger partial charge is 0.233 e. The Morgan fingerprint density at radius 1 is 0.645 bits per heavy atom. The third kappa shape index (κ3) is 5.73. The van der Waals surface area contributed by atoms with E-state index in [4.69, 9.17) is 14.2 Å². The maximum absolute atomic E-state index is 12.8. The average Bonchev–Trinajstić information content (AvgIpc) is 2.81. The summed E-state index contributed by atoms with van der Waals surface area (Å²) in [5.74, 6) is 0.983. The fourth-order valence-electron chi connectivity index (χ4n) is 3.23. The lowest BCUT2D eigenvalue weighted by atomic mass is 9.97. The van der Waals surface area contributed by atoms with Gasteiger partial charge in [-0.2, -0.15) is 0 Å². The quantitative estimate of drug-likeness (QED) is 0.304. The van der Waals surface area contributed by atoms with Crippen LogP contribution in [0.4, 0.5) is 0 Å². The standard InChI is InChI=1S/C25H23BrO5/c1-29-21-8-6-18(7-9-21)24(27)25(28)19-10-16(11-20(26)14-19)4-5-17-12-22(30-2)15-23(13-17)31-3/h6-15H,4-5H2,1-3H3. The van der Waals surface area contributed by atoms with Gasteiger partial charge in [0.25, 0.3) is 0 Å². The van der Waals surface area contributed by atoms with Crippen LogP contribution in [-0.2, 0) is 12.8 Å². The van der Waals surface area contributed by atoms with Gasteiger partial charge in [-0.1, -0.05) is 15.9 Å². The van der Waals surface area contributed by atoms with Crippen molar-refractivity contribution in [2.75, 3.05) is 21.3 Å². The SMILES string of the molecule is COc1ccc(C(=O)C(=O)c2cc(Br)cc(CCc3cc(OC)cc(OC)c3)c2)cc1. The van der Waals surface area contributed by atoms with Crippen LogP contribution in [0.2, 0.25) is 0 Å². The number of aryl methyl sites for hydroxylation is 2. The molecule has 0 saturated heterocycles. The van der Waals surface area contributed by atoms with Crippen LogP contribution < -0.4 is 14.2 Å². The molecule has 31 heavy (non-hydrogen) atoms. The van der Waals surface area contributed by atoms with E-state index in [1.807, 2.05) is 24.3 Å². The van der Waals surface area contributed by atoms with Crippen molar-refractivity contribution < 1.29 is 23.8 Å². The number of benzene rings is 3. The molecule has 0 aromatic heterocycles. The normalized spacial score (nSPS) is 10.5. The van der Waals surface area contributed by atoms with Gasteiger partial charge in [0.1, 0.15) is 17.2 Å². The summed E-state index contributed by atoms with van der Waals surface area (Å²) in [6, 6.07) is 17.6. The van der Waals surface area contributed by atoms with Crippen LogP contribution in [0.5, 0.6) is 17.2 Å². The van der Waals surface area contributed by atoms with Gasteiger partial charge in [-0.05, 0) is 78.6 Å². The van der Waals surface area contributed by atoms with E-state index < -0.39 is 11.6 Å². The first-order chi connectivity index (χ1) is 14.9. The minimum absolute atomic E-state index is 0.329. The Balaban J connectivity index is 1.78. The lowest BCUT2D eigenvalue weighted by Gasteiger charge is -2.10. The zero-order valence-electron chi connectivity index (χ0n) is 17.6. The molecular weight excluding hydrogens is 460 g/mol. The van der Waals surface area contributed by atoms with Crippen molar-refractivity contribution in [1.82, 2.24) is 0 Å². The molecule has 0 bridgehead atoms. The summed E-state index contributed by atoms with van der Waals surface area (Å²) in [7, 11) is 4.78. The molecule has 0 unspecified atom stereocenters. The van der Waals surface area contributed by atoms with Crippen molar-refractivity contribution >= 4 is 27.5 Å². The van der Waals surface area contributed by atoms with E-state index in [1.165, 1.54) is 0 Å². The van der Waals surface area contributed by atoms with Gasteiger partial charge >= 0.3 is 0 Å². The highest BCUT2D eigenvalue weighted by molar-refractivity contribution is 9.10. The molecule has 0 aliphatic carbocycles. The fourth-order valence-corrected chi connectivity index (χ4v) is 3.77. The monoisotopic (exact) mass is 482 g/mol. The molecule has 0 fully saturated rings. The minimum Gasteiger partial charge on any atom is -0.497 e. The molecule has 0 aliphatic heterocycles. The fraction of sp³-hybridized carbons (Fsp3) is 0.200. The maximum Gasteiger partial charge on any atom is 0.233 e. The molecule has 0 spiro atoms. The summed E-state index contributed by atoms with van der Waals surface area (Å²) in [4.78, 5) is 25.5. The van der Waals surface area contributed by atoms with Crippen LogP contribution >= 0.6 is 15.9 Å². The molecule has 160 valence electrons. The lowest BCUT2D eigenvalue weighted by Crippen LogP contribution is -2.15. The predicted octanol–water partition coefficient (Wildman–Crippen LogP) is 5.33. The Kier molecular flexibility index (Phi) is 7.47. The number of ketones is 2. The molecule has 0 saturated carbocycles. The van der Waals surface area contributed by atoms with Crippen molar-refractivity contribution in [3.05, 3.63) is 87.4 Å². The second kappa shape index (κ2) is 10.3. The highest BCUT2D eigenvalue weighted by Crippen LogP contribution is 2.25. The Morgan fingerprint density at radius 3 is 1.71 bits per heavy atom. The van der Waals surface area contributed by atoms with Crippen LogP contribution in [0.25, 0.3) is 0 Å². The van der Waals surface area contributed by atoms with Gasteiger partial charge in [0.05, 0.1) is 21.3 Å². The van der Waals surface area contributed by atoms with Gasteiger partial charge in [0.2, 0.25) is 11.6 Å². The summed E-state index contributed by atoms with van der Waals surface area (Å²) in [5, 5.41) is 0. The maximum atomic E-state index is 12.8. The van der Waals surface area contributed by atoms with E-state index in [2.05, 4.69) is 15.9 Å². The topological polar surface area (TPSA) is 61.8 Å². The first kappa shape index (κ1) is 22.6. The molecule has 0 heterocycles. The van der Waals surface area contributed by atoms with Crippen LogP contribution in [0.1, 0.15) is 31.8 Å². The summed E-state index contributed by atoms with van der Waals surface area (Å²) in [5.41, 5.74) is 2.68. The zero-order valence-corrected chi connectivity index (χ0v) is 19.2. The Bertz CT molecular complexity index is 1070. The van der Waals surface area contributed by atoms with Gasteiger partial charge in [0.15, 0.2) is 0 Å². The van der Waals surface area contributed by atoms with E-state index in [0.717, 1.165) is 33.5 Å². The molecule has 0 atom stereocenters. The van der Waals surface area contributed by atoms with E-state index in [1.54, 1.807) is 57.7 Å². The second-order valence-electron chi connectivity index (χ2n) is 6.96.